The molecule has 0 saturated carbocycles. The summed E-state index contributed by atoms with van der Waals surface area (Å²) in [5.74, 6) is 1.51. The number of amides is 1. The topological polar surface area (TPSA) is 78.3 Å². The highest BCUT2D eigenvalue weighted by atomic mass is 35.5. The molecule has 1 amide bonds. The number of imidazole rings is 1. The molecule has 0 aliphatic carbocycles. The Kier molecular flexibility index (Phi) is 5.61. The largest absolute Gasteiger partial charge is 0.497 e. The lowest BCUT2D eigenvalue weighted by atomic mass is 10.0. The first-order chi connectivity index (χ1) is 13.0. The quantitative estimate of drug-likeness (QED) is 0.659. The zero-order valence-corrected chi connectivity index (χ0v) is 15.9. The number of rotatable bonds is 6. The number of methoxy groups -OCH3 is 2. The van der Waals surface area contributed by atoms with Crippen LogP contribution < -0.4 is 14.8 Å². The van der Waals surface area contributed by atoms with Crippen molar-refractivity contribution in [1.29, 1.82) is 0 Å². The van der Waals surface area contributed by atoms with E-state index >= 15 is 0 Å². The third-order valence-corrected chi connectivity index (χ3v) is 4.40. The van der Waals surface area contributed by atoms with E-state index in [4.69, 9.17) is 21.1 Å². The van der Waals surface area contributed by atoms with Crippen molar-refractivity contribution < 1.29 is 14.3 Å². The third kappa shape index (κ3) is 4.03. The molecule has 0 aliphatic rings. The van der Waals surface area contributed by atoms with Crippen molar-refractivity contribution in [2.45, 2.75) is 6.04 Å². The molecular formula is C19H19ClN4O3. The molecule has 0 aliphatic heterocycles. The van der Waals surface area contributed by atoms with Gasteiger partial charge in [0.15, 0.2) is 0 Å². The lowest BCUT2D eigenvalue weighted by Crippen LogP contribution is -2.31. The lowest BCUT2D eigenvalue weighted by Gasteiger charge is -2.20. The zero-order valence-electron chi connectivity index (χ0n) is 15.1. The van der Waals surface area contributed by atoms with Crippen molar-refractivity contribution in [3.8, 4) is 11.5 Å². The van der Waals surface area contributed by atoms with Crippen LogP contribution in [0.4, 0.5) is 0 Å². The smallest absolute Gasteiger partial charge is 0.255 e. The summed E-state index contributed by atoms with van der Waals surface area (Å²) in [5, 5.41) is 3.11. The summed E-state index contributed by atoms with van der Waals surface area (Å²) in [7, 11) is 5.00. The van der Waals surface area contributed by atoms with Crippen molar-refractivity contribution in [2.75, 3.05) is 14.2 Å². The van der Waals surface area contributed by atoms with Crippen molar-refractivity contribution >= 4 is 17.5 Å². The van der Waals surface area contributed by atoms with Gasteiger partial charge in [-0.2, -0.15) is 0 Å². The van der Waals surface area contributed by atoms with Gasteiger partial charge < -0.3 is 19.4 Å². The molecule has 0 saturated heterocycles. The molecule has 1 unspecified atom stereocenters. The first-order valence-corrected chi connectivity index (χ1v) is 8.53. The highest BCUT2D eigenvalue weighted by Crippen LogP contribution is 2.30. The van der Waals surface area contributed by atoms with Crippen molar-refractivity contribution in [3.05, 3.63) is 71.0 Å². The van der Waals surface area contributed by atoms with Gasteiger partial charge in [0.25, 0.3) is 5.91 Å². The second kappa shape index (κ2) is 8.09. The molecule has 7 nitrogen and oxygen atoms in total. The summed E-state index contributed by atoms with van der Waals surface area (Å²) in [5.41, 5.74) is 1.04. The van der Waals surface area contributed by atoms with Crippen LogP contribution >= 0.6 is 11.6 Å². The molecule has 140 valence electrons. The Morgan fingerprint density at radius 3 is 2.41 bits per heavy atom. The summed E-state index contributed by atoms with van der Waals surface area (Å²) in [4.78, 5) is 21.2. The van der Waals surface area contributed by atoms with E-state index in [2.05, 4.69) is 15.3 Å². The summed E-state index contributed by atoms with van der Waals surface area (Å²) >= 11 is 6.07. The average Bonchev–Trinajstić information content (AvgIpc) is 3.11. The van der Waals surface area contributed by atoms with Crippen LogP contribution in [0.3, 0.4) is 0 Å². The molecule has 2 aromatic heterocycles. The van der Waals surface area contributed by atoms with E-state index in [1.54, 1.807) is 38.6 Å². The number of hydrogen-bond acceptors (Lipinski definition) is 5. The summed E-state index contributed by atoms with van der Waals surface area (Å²) in [6.07, 6.45) is 5.01. The van der Waals surface area contributed by atoms with Gasteiger partial charge in [-0.3, -0.25) is 4.79 Å². The average molecular weight is 387 g/mol. The Morgan fingerprint density at radius 2 is 1.85 bits per heavy atom. The Bertz CT molecular complexity index is 935. The molecule has 3 aromatic rings. The summed E-state index contributed by atoms with van der Waals surface area (Å²) < 4.78 is 12.5. The second-order valence-corrected chi connectivity index (χ2v) is 6.15. The SMILES string of the molecule is COc1cc(OC)cc(C(NC(=O)c2cccnc2Cl)c2nccn2C)c1. The van der Waals surface area contributed by atoms with Crippen LogP contribution in [-0.4, -0.2) is 34.7 Å². The van der Waals surface area contributed by atoms with Crippen LogP contribution in [0.15, 0.2) is 48.9 Å². The second-order valence-electron chi connectivity index (χ2n) is 5.79. The summed E-state index contributed by atoms with van der Waals surface area (Å²) in [6, 6.07) is 8.15. The Labute approximate surface area is 161 Å². The maximum absolute atomic E-state index is 12.8. The first-order valence-electron chi connectivity index (χ1n) is 8.15. The van der Waals surface area contributed by atoms with E-state index in [9.17, 15) is 4.79 Å². The first kappa shape index (κ1) is 18.7. The number of pyridine rings is 1. The fourth-order valence-electron chi connectivity index (χ4n) is 2.71. The molecule has 1 aromatic carbocycles. The molecule has 8 heteroatoms. The van der Waals surface area contributed by atoms with Crippen molar-refractivity contribution in [3.63, 3.8) is 0 Å². The van der Waals surface area contributed by atoms with E-state index in [-0.39, 0.29) is 16.6 Å². The van der Waals surface area contributed by atoms with Gasteiger partial charge in [0.05, 0.1) is 19.8 Å². The number of nitrogens with zero attached hydrogens (tertiary/aromatic N) is 3. The third-order valence-electron chi connectivity index (χ3n) is 4.10. The Balaban J connectivity index is 2.04. The molecule has 0 spiro atoms. The number of hydrogen-bond donors (Lipinski definition) is 1. The fourth-order valence-corrected chi connectivity index (χ4v) is 2.92. The van der Waals surface area contributed by atoms with Gasteiger partial charge in [0.2, 0.25) is 0 Å². The molecule has 2 heterocycles. The Morgan fingerprint density at radius 1 is 1.15 bits per heavy atom. The molecule has 0 fully saturated rings. The van der Waals surface area contributed by atoms with Crippen molar-refractivity contribution in [1.82, 2.24) is 19.9 Å². The predicted octanol–water partition coefficient (Wildman–Crippen LogP) is 3.01. The van der Waals surface area contributed by atoms with Crippen LogP contribution in [0.25, 0.3) is 0 Å². The monoisotopic (exact) mass is 386 g/mol. The predicted molar refractivity (Wildman–Crippen MR) is 101 cm³/mol. The van der Waals surface area contributed by atoms with Gasteiger partial charge in [-0.25, -0.2) is 9.97 Å². The number of halogens is 1. The van der Waals surface area contributed by atoms with Gasteiger partial charge in [-0.15, -0.1) is 0 Å². The van der Waals surface area contributed by atoms with Gasteiger partial charge in [0, 0.05) is 31.7 Å². The molecule has 1 atom stereocenters. The van der Waals surface area contributed by atoms with E-state index in [0.29, 0.717) is 17.3 Å². The highest BCUT2D eigenvalue weighted by Gasteiger charge is 2.24. The fraction of sp³-hybridized carbons (Fsp3) is 0.211. The van der Waals surface area contributed by atoms with Gasteiger partial charge in [0.1, 0.15) is 28.5 Å². The minimum Gasteiger partial charge on any atom is -0.497 e. The normalized spacial score (nSPS) is 11.7. The molecule has 27 heavy (non-hydrogen) atoms. The number of aromatic nitrogens is 3. The number of carbonyl (C=O) groups is 1. The zero-order chi connectivity index (χ0) is 19.4. The molecule has 0 bridgehead atoms. The number of benzene rings is 1. The van der Waals surface area contributed by atoms with Gasteiger partial charge in [-0.1, -0.05) is 11.6 Å². The van der Waals surface area contributed by atoms with Gasteiger partial charge >= 0.3 is 0 Å². The van der Waals surface area contributed by atoms with E-state index in [1.807, 2.05) is 29.9 Å². The van der Waals surface area contributed by atoms with Crippen LogP contribution in [0.1, 0.15) is 27.8 Å². The van der Waals surface area contributed by atoms with Crippen LogP contribution in [0.2, 0.25) is 5.15 Å². The molecule has 1 N–H and O–H groups in total. The standard InChI is InChI=1S/C19H19ClN4O3/c1-24-8-7-22-18(24)16(12-9-13(26-2)11-14(10-12)27-3)23-19(25)15-5-4-6-21-17(15)20/h4-11,16H,1-3H3,(H,23,25). The number of aryl methyl sites for hydroxylation is 1. The number of ether oxygens (including phenoxy) is 2. The summed E-state index contributed by atoms with van der Waals surface area (Å²) in [6.45, 7) is 0. The number of nitrogens with one attached hydrogen (secondary N) is 1. The molecule has 3 rings (SSSR count). The van der Waals surface area contributed by atoms with E-state index < -0.39 is 6.04 Å². The molecular weight excluding hydrogens is 368 g/mol. The maximum atomic E-state index is 12.8. The maximum Gasteiger partial charge on any atom is 0.255 e. The minimum atomic E-state index is -0.544. The van der Waals surface area contributed by atoms with Crippen LogP contribution in [0.5, 0.6) is 11.5 Å². The van der Waals surface area contributed by atoms with E-state index in [0.717, 1.165) is 5.56 Å². The lowest BCUT2D eigenvalue weighted by molar-refractivity contribution is 0.0941. The number of carbonyl (C=O) groups excluding carboxylic acids is 1. The van der Waals surface area contributed by atoms with Crippen LogP contribution in [0, 0.1) is 0 Å². The highest BCUT2D eigenvalue weighted by molar-refractivity contribution is 6.32. The van der Waals surface area contributed by atoms with Gasteiger partial charge in [-0.05, 0) is 29.8 Å². The van der Waals surface area contributed by atoms with Crippen LogP contribution in [-0.2, 0) is 7.05 Å². The minimum absolute atomic E-state index is 0.136. The van der Waals surface area contributed by atoms with Crippen molar-refractivity contribution in [2.24, 2.45) is 7.05 Å². The van der Waals surface area contributed by atoms with E-state index in [1.165, 1.54) is 6.20 Å². The molecule has 0 radical (unpaired) electrons. The Hall–Kier alpha value is -3.06.